The first-order chi connectivity index (χ1) is 11.5. The Bertz CT molecular complexity index is 676. The van der Waals surface area contributed by atoms with Crippen molar-refractivity contribution in [3.8, 4) is 11.5 Å². The van der Waals surface area contributed by atoms with Crippen molar-refractivity contribution in [2.45, 2.75) is 37.6 Å². The topological polar surface area (TPSA) is 38.3 Å². The van der Waals surface area contributed by atoms with Crippen LogP contribution in [0.3, 0.4) is 0 Å². The van der Waals surface area contributed by atoms with Crippen molar-refractivity contribution in [2.24, 2.45) is 0 Å². The van der Waals surface area contributed by atoms with Crippen LogP contribution in [0.25, 0.3) is 0 Å². The summed E-state index contributed by atoms with van der Waals surface area (Å²) in [7, 11) is 0. The lowest BCUT2D eigenvalue weighted by Gasteiger charge is -2.28. The Morgan fingerprint density at radius 1 is 0.958 bits per heavy atom. The molecule has 0 aromatic heterocycles. The van der Waals surface area contributed by atoms with Gasteiger partial charge >= 0.3 is 0 Å². The Morgan fingerprint density at radius 2 is 1.54 bits per heavy atom. The van der Waals surface area contributed by atoms with Gasteiger partial charge in [-0.05, 0) is 49.2 Å². The van der Waals surface area contributed by atoms with E-state index in [1.807, 2.05) is 30.3 Å². The Hall–Kier alpha value is -2.43. The van der Waals surface area contributed by atoms with E-state index >= 15 is 0 Å². The third-order valence-electron chi connectivity index (χ3n) is 4.15. The van der Waals surface area contributed by atoms with Crippen LogP contribution >= 0.6 is 0 Å². The monoisotopic (exact) mass is 331 g/mol. The predicted molar refractivity (Wildman–Crippen MR) is 87.6 cm³/mol. The van der Waals surface area contributed by atoms with Crippen LogP contribution in [-0.4, -0.2) is 17.9 Å². The van der Waals surface area contributed by atoms with Crippen LogP contribution in [-0.2, 0) is 0 Å². The third kappa shape index (κ3) is 4.31. The molecule has 0 saturated heterocycles. The molecule has 0 aliphatic heterocycles. The molecule has 3 rings (SSSR count). The number of benzene rings is 2. The molecule has 1 amide bonds. The first-order valence-electron chi connectivity index (χ1n) is 8.03. The molecule has 1 aliphatic carbocycles. The molecule has 0 atom stereocenters. The fraction of sp³-hybridized carbons (Fsp3) is 0.316. The molecule has 126 valence electrons. The predicted octanol–water partition coefficient (Wildman–Crippen LogP) is 4.79. The second kappa shape index (κ2) is 6.99. The van der Waals surface area contributed by atoms with Gasteiger partial charge in [-0.15, -0.1) is 0 Å². The highest BCUT2D eigenvalue weighted by Gasteiger charge is 2.35. The quantitative estimate of drug-likeness (QED) is 0.875. The van der Waals surface area contributed by atoms with E-state index in [1.165, 1.54) is 0 Å². The van der Waals surface area contributed by atoms with Gasteiger partial charge < -0.3 is 10.1 Å². The highest BCUT2D eigenvalue weighted by Crippen LogP contribution is 2.33. The molecule has 1 N–H and O–H groups in total. The largest absolute Gasteiger partial charge is 0.457 e. The minimum Gasteiger partial charge on any atom is -0.457 e. The van der Waals surface area contributed by atoms with Crippen LogP contribution in [0.2, 0.25) is 0 Å². The molecular weight excluding hydrogens is 312 g/mol. The molecule has 2 aromatic carbocycles. The smallest absolute Gasteiger partial charge is 0.251 e. The van der Waals surface area contributed by atoms with Crippen LogP contribution < -0.4 is 10.1 Å². The molecule has 3 nitrogen and oxygen atoms in total. The maximum atomic E-state index is 13.1. The SMILES string of the molecule is O=C(NC1CCC(F)(F)CC1)c1ccc(Oc2ccccc2)cc1. The Kier molecular flexibility index (Phi) is 4.79. The highest BCUT2D eigenvalue weighted by atomic mass is 19.3. The van der Waals surface area contributed by atoms with Crippen molar-refractivity contribution in [3.63, 3.8) is 0 Å². The van der Waals surface area contributed by atoms with E-state index in [-0.39, 0.29) is 24.8 Å². The van der Waals surface area contributed by atoms with Crippen LogP contribution in [0.5, 0.6) is 11.5 Å². The number of carbonyl (C=O) groups excluding carboxylic acids is 1. The molecule has 2 aromatic rings. The second-order valence-electron chi connectivity index (χ2n) is 6.04. The summed E-state index contributed by atoms with van der Waals surface area (Å²) in [6, 6.07) is 16.0. The summed E-state index contributed by atoms with van der Waals surface area (Å²) in [5.41, 5.74) is 0.493. The Balaban J connectivity index is 1.56. The number of carbonyl (C=O) groups is 1. The van der Waals surface area contributed by atoms with E-state index < -0.39 is 5.92 Å². The molecule has 1 saturated carbocycles. The molecule has 0 heterocycles. The van der Waals surface area contributed by atoms with Crippen LogP contribution in [0.1, 0.15) is 36.0 Å². The van der Waals surface area contributed by atoms with Crippen molar-refractivity contribution in [3.05, 3.63) is 60.2 Å². The van der Waals surface area contributed by atoms with Gasteiger partial charge in [-0.2, -0.15) is 0 Å². The Labute approximate surface area is 139 Å². The van der Waals surface area contributed by atoms with Gasteiger partial charge in [-0.25, -0.2) is 8.78 Å². The van der Waals surface area contributed by atoms with E-state index in [0.717, 1.165) is 5.75 Å². The molecule has 1 aliphatic rings. The summed E-state index contributed by atoms with van der Waals surface area (Å²) >= 11 is 0. The molecule has 0 unspecified atom stereocenters. The lowest BCUT2D eigenvalue weighted by molar-refractivity contribution is -0.0399. The molecule has 0 radical (unpaired) electrons. The van der Waals surface area contributed by atoms with Gasteiger partial charge in [0, 0.05) is 24.4 Å². The number of hydrogen-bond acceptors (Lipinski definition) is 2. The van der Waals surface area contributed by atoms with E-state index in [9.17, 15) is 13.6 Å². The summed E-state index contributed by atoms with van der Waals surface area (Å²) in [6.45, 7) is 0. The maximum absolute atomic E-state index is 13.1. The number of ether oxygens (including phenoxy) is 1. The van der Waals surface area contributed by atoms with Gasteiger partial charge in [0.25, 0.3) is 5.91 Å². The third-order valence-corrected chi connectivity index (χ3v) is 4.15. The van der Waals surface area contributed by atoms with Crippen molar-refractivity contribution in [1.82, 2.24) is 5.32 Å². The lowest BCUT2D eigenvalue weighted by Crippen LogP contribution is -2.40. The average Bonchev–Trinajstić information content (AvgIpc) is 2.58. The first kappa shape index (κ1) is 16.4. The van der Waals surface area contributed by atoms with E-state index in [1.54, 1.807) is 24.3 Å². The number of rotatable bonds is 4. The summed E-state index contributed by atoms with van der Waals surface area (Å²) in [4.78, 5) is 12.2. The van der Waals surface area contributed by atoms with E-state index in [2.05, 4.69) is 5.32 Å². The van der Waals surface area contributed by atoms with Gasteiger partial charge in [0.05, 0.1) is 0 Å². The number of nitrogens with one attached hydrogen (secondary N) is 1. The number of alkyl halides is 2. The zero-order chi connectivity index (χ0) is 17.0. The summed E-state index contributed by atoms with van der Waals surface area (Å²) in [5, 5.41) is 2.83. The number of para-hydroxylation sites is 1. The summed E-state index contributed by atoms with van der Waals surface area (Å²) in [6.07, 6.45) is 0.297. The van der Waals surface area contributed by atoms with E-state index in [0.29, 0.717) is 24.2 Å². The minimum absolute atomic E-state index is 0.165. The van der Waals surface area contributed by atoms with Crippen LogP contribution in [0.15, 0.2) is 54.6 Å². The van der Waals surface area contributed by atoms with Crippen LogP contribution in [0, 0.1) is 0 Å². The summed E-state index contributed by atoms with van der Waals surface area (Å²) < 4.78 is 31.9. The lowest BCUT2D eigenvalue weighted by atomic mass is 9.92. The van der Waals surface area contributed by atoms with Gasteiger partial charge in [0.15, 0.2) is 0 Å². The normalized spacial score (nSPS) is 17.2. The molecule has 0 bridgehead atoms. The summed E-state index contributed by atoms with van der Waals surface area (Å²) in [5.74, 6) is -1.47. The van der Waals surface area contributed by atoms with Crippen molar-refractivity contribution < 1.29 is 18.3 Å². The number of hydrogen-bond donors (Lipinski definition) is 1. The zero-order valence-corrected chi connectivity index (χ0v) is 13.2. The standard InChI is InChI=1S/C19H19F2NO2/c20-19(21)12-10-15(11-13-19)22-18(23)14-6-8-17(9-7-14)24-16-4-2-1-3-5-16/h1-9,15H,10-13H2,(H,22,23). The maximum Gasteiger partial charge on any atom is 0.251 e. The number of halogens is 2. The van der Waals surface area contributed by atoms with Gasteiger partial charge in [-0.1, -0.05) is 18.2 Å². The first-order valence-corrected chi connectivity index (χ1v) is 8.03. The van der Waals surface area contributed by atoms with Crippen LogP contribution in [0.4, 0.5) is 8.78 Å². The van der Waals surface area contributed by atoms with Gasteiger partial charge in [0.2, 0.25) is 5.92 Å². The van der Waals surface area contributed by atoms with Gasteiger partial charge in [-0.3, -0.25) is 4.79 Å². The van der Waals surface area contributed by atoms with Gasteiger partial charge in [0.1, 0.15) is 11.5 Å². The van der Waals surface area contributed by atoms with Crippen molar-refractivity contribution >= 4 is 5.91 Å². The van der Waals surface area contributed by atoms with Crippen molar-refractivity contribution in [1.29, 1.82) is 0 Å². The fourth-order valence-corrected chi connectivity index (χ4v) is 2.75. The Morgan fingerprint density at radius 3 is 2.17 bits per heavy atom. The highest BCUT2D eigenvalue weighted by molar-refractivity contribution is 5.94. The molecular formula is C19H19F2NO2. The second-order valence-corrected chi connectivity index (χ2v) is 6.04. The minimum atomic E-state index is -2.59. The molecule has 0 spiro atoms. The average molecular weight is 331 g/mol. The van der Waals surface area contributed by atoms with Crippen molar-refractivity contribution in [2.75, 3.05) is 0 Å². The van der Waals surface area contributed by atoms with E-state index in [4.69, 9.17) is 4.74 Å². The fourth-order valence-electron chi connectivity index (χ4n) is 2.75. The molecule has 24 heavy (non-hydrogen) atoms. The number of amides is 1. The molecule has 1 fully saturated rings. The zero-order valence-electron chi connectivity index (χ0n) is 13.2. The molecule has 5 heteroatoms.